The van der Waals surface area contributed by atoms with Crippen LogP contribution in [0.15, 0.2) is 22.7 Å². The number of carbonyl (C=O) groups is 1. The molecule has 0 aliphatic rings. The largest absolute Gasteiger partial charge is 0.494 e. The van der Waals surface area contributed by atoms with E-state index in [1.165, 1.54) is 0 Å². The van der Waals surface area contributed by atoms with Crippen LogP contribution in [-0.4, -0.2) is 17.7 Å². The lowest BCUT2D eigenvalue weighted by atomic mass is 10.1. The Morgan fingerprint density at radius 3 is 2.87 bits per heavy atom. The highest BCUT2D eigenvalue weighted by Crippen LogP contribution is 2.27. The molecule has 0 aromatic heterocycles. The van der Waals surface area contributed by atoms with Gasteiger partial charge in [-0.15, -0.1) is 0 Å². The Kier molecular flexibility index (Phi) is 4.11. The zero-order chi connectivity index (χ0) is 11.4. The molecule has 0 spiro atoms. The van der Waals surface area contributed by atoms with Crippen molar-refractivity contribution in [2.24, 2.45) is 5.73 Å². The molecule has 3 N–H and O–H groups in total. The van der Waals surface area contributed by atoms with Gasteiger partial charge in [0, 0.05) is 10.0 Å². The third-order valence-electron chi connectivity index (χ3n) is 1.87. The molecule has 0 fully saturated rings. The number of hydrogen-bond donors (Lipinski definition) is 2. The number of rotatable bonds is 4. The van der Waals surface area contributed by atoms with Crippen molar-refractivity contribution in [3.8, 4) is 5.75 Å². The van der Waals surface area contributed by atoms with Gasteiger partial charge in [-0.1, -0.05) is 15.9 Å². The molecule has 1 rings (SSSR count). The van der Waals surface area contributed by atoms with Crippen LogP contribution < -0.4 is 10.5 Å². The normalized spacial score (nSPS) is 12.2. The summed E-state index contributed by atoms with van der Waals surface area (Å²) in [5.74, 6) is -0.565. The van der Waals surface area contributed by atoms with Crippen LogP contribution in [0.25, 0.3) is 0 Å². The smallest absolute Gasteiger partial charge is 0.325 e. The van der Waals surface area contributed by atoms with E-state index in [1.54, 1.807) is 18.2 Å². The van der Waals surface area contributed by atoms with Crippen LogP contribution in [0.3, 0.4) is 0 Å². The van der Waals surface area contributed by atoms with E-state index in [2.05, 4.69) is 15.9 Å². The number of halogens is 1. The van der Waals surface area contributed by atoms with Gasteiger partial charge in [-0.25, -0.2) is 0 Å². The Morgan fingerprint density at radius 1 is 1.67 bits per heavy atom. The first-order valence-corrected chi connectivity index (χ1v) is 5.26. The van der Waals surface area contributed by atoms with E-state index in [1.807, 2.05) is 6.92 Å². The minimum Gasteiger partial charge on any atom is -0.494 e. The highest BCUT2D eigenvalue weighted by atomic mass is 79.9. The molecule has 0 amide bonds. The highest BCUT2D eigenvalue weighted by molar-refractivity contribution is 9.10. The van der Waals surface area contributed by atoms with Crippen LogP contribution in [0.1, 0.15) is 18.5 Å². The monoisotopic (exact) mass is 273 g/mol. The van der Waals surface area contributed by atoms with Crippen molar-refractivity contribution in [2.75, 3.05) is 6.61 Å². The first kappa shape index (κ1) is 12.0. The molecule has 0 heterocycles. The molecule has 0 saturated carbocycles. The Labute approximate surface area is 96.2 Å². The summed E-state index contributed by atoms with van der Waals surface area (Å²) in [6, 6.07) is 4.07. The fourth-order valence-electron chi connectivity index (χ4n) is 1.18. The summed E-state index contributed by atoms with van der Waals surface area (Å²) >= 11 is 3.26. The zero-order valence-electron chi connectivity index (χ0n) is 8.24. The molecule has 0 aliphatic carbocycles. The maximum Gasteiger partial charge on any atom is 0.325 e. The van der Waals surface area contributed by atoms with Crippen molar-refractivity contribution < 1.29 is 14.6 Å². The number of hydrogen-bond acceptors (Lipinski definition) is 3. The molecule has 0 radical (unpaired) electrons. The molecule has 5 heteroatoms. The van der Waals surface area contributed by atoms with E-state index in [4.69, 9.17) is 15.6 Å². The van der Waals surface area contributed by atoms with E-state index in [9.17, 15) is 4.79 Å². The summed E-state index contributed by atoms with van der Waals surface area (Å²) in [5, 5.41) is 8.82. The maximum absolute atomic E-state index is 10.8. The second-order valence-corrected chi connectivity index (χ2v) is 3.85. The average molecular weight is 274 g/mol. The van der Waals surface area contributed by atoms with Gasteiger partial charge in [-0.05, 0) is 25.1 Å². The molecular weight excluding hydrogens is 262 g/mol. The van der Waals surface area contributed by atoms with Crippen molar-refractivity contribution in [1.82, 2.24) is 0 Å². The quantitative estimate of drug-likeness (QED) is 0.880. The van der Waals surface area contributed by atoms with Gasteiger partial charge in [0.25, 0.3) is 0 Å². The fraction of sp³-hybridized carbons (Fsp3) is 0.300. The number of nitrogens with two attached hydrogens (primary N) is 1. The molecule has 0 saturated heterocycles. The third kappa shape index (κ3) is 2.94. The number of carboxylic acids is 1. The van der Waals surface area contributed by atoms with Crippen molar-refractivity contribution in [3.63, 3.8) is 0 Å². The molecule has 15 heavy (non-hydrogen) atoms. The molecular formula is C10H12BrNO3. The van der Waals surface area contributed by atoms with Crippen LogP contribution in [0, 0.1) is 0 Å². The lowest BCUT2D eigenvalue weighted by Gasteiger charge is -2.13. The van der Waals surface area contributed by atoms with Gasteiger partial charge in [-0.3, -0.25) is 4.79 Å². The lowest BCUT2D eigenvalue weighted by Crippen LogP contribution is -2.21. The Hall–Kier alpha value is -1.07. The van der Waals surface area contributed by atoms with Gasteiger partial charge in [-0.2, -0.15) is 0 Å². The molecule has 1 aromatic carbocycles. The average Bonchev–Trinajstić information content (AvgIpc) is 2.20. The van der Waals surface area contributed by atoms with E-state index in [0.29, 0.717) is 17.9 Å². The van der Waals surface area contributed by atoms with E-state index >= 15 is 0 Å². The maximum atomic E-state index is 10.8. The number of ether oxygens (including phenoxy) is 1. The predicted molar refractivity (Wildman–Crippen MR) is 59.9 cm³/mol. The summed E-state index contributed by atoms with van der Waals surface area (Å²) in [7, 11) is 0. The molecule has 0 bridgehead atoms. The Bertz CT molecular complexity index is 368. The second kappa shape index (κ2) is 5.14. The Morgan fingerprint density at radius 2 is 2.33 bits per heavy atom. The first-order chi connectivity index (χ1) is 7.06. The molecule has 0 aliphatic heterocycles. The van der Waals surface area contributed by atoms with E-state index in [-0.39, 0.29) is 0 Å². The van der Waals surface area contributed by atoms with Crippen molar-refractivity contribution in [2.45, 2.75) is 13.0 Å². The van der Waals surface area contributed by atoms with E-state index < -0.39 is 12.0 Å². The molecule has 0 unspecified atom stereocenters. The van der Waals surface area contributed by atoms with Gasteiger partial charge in [0.15, 0.2) is 0 Å². The van der Waals surface area contributed by atoms with Crippen molar-refractivity contribution in [1.29, 1.82) is 0 Å². The van der Waals surface area contributed by atoms with Gasteiger partial charge in [0.2, 0.25) is 0 Å². The van der Waals surface area contributed by atoms with Crippen LogP contribution >= 0.6 is 15.9 Å². The van der Waals surface area contributed by atoms with Crippen LogP contribution in [0.5, 0.6) is 5.75 Å². The summed E-state index contributed by atoms with van der Waals surface area (Å²) in [4.78, 5) is 10.8. The number of carboxylic acid groups (broad SMARTS) is 1. The van der Waals surface area contributed by atoms with Crippen LogP contribution in [-0.2, 0) is 4.79 Å². The SMILES string of the molecule is CCOc1ccc(Br)cc1[C@H](N)C(=O)O. The lowest BCUT2D eigenvalue weighted by molar-refractivity contribution is -0.138. The van der Waals surface area contributed by atoms with Gasteiger partial charge in [0.1, 0.15) is 11.8 Å². The standard InChI is InChI=1S/C10H12BrNO3/c1-2-15-8-4-3-6(11)5-7(8)9(12)10(13)14/h3-5,9H,2,12H2,1H3,(H,13,14)/t9-/m0/s1. The second-order valence-electron chi connectivity index (χ2n) is 2.93. The van der Waals surface area contributed by atoms with Crippen LogP contribution in [0.2, 0.25) is 0 Å². The van der Waals surface area contributed by atoms with Crippen molar-refractivity contribution in [3.05, 3.63) is 28.2 Å². The summed E-state index contributed by atoms with van der Waals surface area (Å²) in [6.45, 7) is 2.30. The summed E-state index contributed by atoms with van der Waals surface area (Å²) < 4.78 is 6.07. The molecule has 1 atom stereocenters. The predicted octanol–water partition coefficient (Wildman–Crippen LogP) is 1.93. The molecule has 4 nitrogen and oxygen atoms in total. The Balaban J connectivity index is 3.11. The van der Waals surface area contributed by atoms with Crippen LogP contribution in [0.4, 0.5) is 0 Å². The zero-order valence-corrected chi connectivity index (χ0v) is 9.82. The minimum absolute atomic E-state index is 0.471. The van der Waals surface area contributed by atoms with Gasteiger partial charge in [0.05, 0.1) is 6.61 Å². The fourth-order valence-corrected chi connectivity index (χ4v) is 1.56. The van der Waals surface area contributed by atoms with Crippen molar-refractivity contribution >= 4 is 21.9 Å². The van der Waals surface area contributed by atoms with E-state index in [0.717, 1.165) is 4.47 Å². The summed E-state index contributed by atoms with van der Waals surface area (Å²) in [5.41, 5.74) is 6.01. The molecule has 1 aromatic rings. The number of aliphatic carboxylic acids is 1. The number of benzene rings is 1. The minimum atomic E-state index is -1.07. The highest BCUT2D eigenvalue weighted by Gasteiger charge is 2.19. The van der Waals surface area contributed by atoms with Gasteiger partial charge >= 0.3 is 5.97 Å². The van der Waals surface area contributed by atoms with Gasteiger partial charge < -0.3 is 15.6 Å². The topological polar surface area (TPSA) is 72.5 Å². The molecule has 82 valence electrons. The first-order valence-electron chi connectivity index (χ1n) is 4.47. The third-order valence-corrected chi connectivity index (χ3v) is 2.37. The summed E-state index contributed by atoms with van der Waals surface area (Å²) in [6.07, 6.45) is 0.